The molecule has 0 amide bonds. The molecule has 1 N–H and O–H groups in total. The normalized spacial score (nSPS) is 17.4. The fourth-order valence-electron chi connectivity index (χ4n) is 2.28. The third kappa shape index (κ3) is 2.45. The summed E-state index contributed by atoms with van der Waals surface area (Å²) in [6, 6.07) is 8.75. The lowest BCUT2D eigenvalue weighted by atomic mass is 9.94. The third-order valence-electron chi connectivity index (χ3n) is 3.44. The van der Waals surface area contributed by atoms with Gasteiger partial charge in [-0.2, -0.15) is 0 Å². The summed E-state index contributed by atoms with van der Waals surface area (Å²) in [6.45, 7) is 1.10. The Morgan fingerprint density at radius 2 is 2.19 bits per heavy atom. The molecule has 2 rings (SSSR count). The highest BCUT2D eigenvalue weighted by molar-refractivity contribution is 5.34. The average Bonchev–Trinajstić information content (AvgIpc) is 3.08. The largest absolute Gasteiger partial charge is 0.396 e. The zero-order valence-electron chi connectivity index (χ0n) is 9.91. The summed E-state index contributed by atoms with van der Waals surface area (Å²) in [6.07, 6.45) is 4.29. The van der Waals surface area contributed by atoms with E-state index in [1.54, 1.807) is 7.11 Å². The van der Waals surface area contributed by atoms with Crippen molar-refractivity contribution in [2.24, 2.45) is 0 Å². The van der Waals surface area contributed by atoms with E-state index in [9.17, 15) is 0 Å². The van der Waals surface area contributed by atoms with Gasteiger partial charge in [0.2, 0.25) is 0 Å². The highest BCUT2D eigenvalue weighted by Gasteiger charge is 2.44. The molecule has 88 valence electrons. The van der Waals surface area contributed by atoms with Gasteiger partial charge < -0.3 is 9.84 Å². The molecule has 0 unspecified atom stereocenters. The minimum atomic E-state index is 0.271. The van der Waals surface area contributed by atoms with Gasteiger partial charge in [-0.3, -0.25) is 0 Å². The number of aliphatic hydroxyl groups is 1. The van der Waals surface area contributed by atoms with E-state index < -0.39 is 0 Å². The molecule has 1 aromatic rings. The van der Waals surface area contributed by atoms with Crippen LogP contribution in [0, 0.1) is 0 Å². The van der Waals surface area contributed by atoms with Crippen molar-refractivity contribution in [3.05, 3.63) is 35.4 Å². The topological polar surface area (TPSA) is 29.5 Å². The first-order valence-electron chi connectivity index (χ1n) is 6.00. The Hall–Kier alpha value is -0.860. The Morgan fingerprint density at radius 3 is 2.81 bits per heavy atom. The van der Waals surface area contributed by atoms with E-state index in [1.165, 1.54) is 24.0 Å². The summed E-state index contributed by atoms with van der Waals surface area (Å²) in [5.41, 5.74) is 3.03. The van der Waals surface area contributed by atoms with Crippen LogP contribution in [0.2, 0.25) is 0 Å². The number of benzene rings is 1. The molecule has 1 aliphatic carbocycles. The van der Waals surface area contributed by atoms with Crippen molar-refractivity contribution in [3.8, 4) is 0 Å². The molecule has 16 heavy (non-hydrogen) atoms. The van der Waals surface area contributed by atoms with Crippen LogP contribution in [0.5, 0.6) is 0 Å². The molecule has 1 aromatic carbocycles. The number of rotatable bonds is 6. The highest BCUT2D eigenvalue weighted by Crippen LogP contribution is 2.48. The fraction of sp³-hybridized carbons (Fsp3) is 0.571. The second kappa shape index (κ2) is 4.98. The molecule has 0 saturated heterocycles. The van der Waals surface area contributed by atoms with Crippen LogP contribution in [0.4, 0.5) is 0 Å². The van der Waals surface area contributed by atoms with Crippen molar-refractivity contribution in [1.82, 2.24) is 0 Å². The first kappa shape index (κ1) is 11.6. The lowest BCUT2D eigenvalue weighted by Crippen LogP contribution is -2.14. The van der Waals surface area contributed by atoms with E-state index >= 15 is 0 Å². The van der Waals surface area contributed by atoms with Gasteiger partial charge in [0.25, 0.3) is 0 Å². The smallest absolute Gasteiger partial charge is 0.0559 e. The van der Waals surface area contributed by atoms with Crippen molar-refractivity contribution in [1.29, 1.82) is 0 Å². The lowest BCUT2D eigenvalue weighted by molar-refractivity contribution is 0.171. The third-order valence-corrected chi connectivity index (χ3v) is 3.44. The standard InChI is InChI=1S/C14H20O2/c1-16-11-14(7-8-14)13-6-2-4-12(10-13)5-3-9-15/h2,4,6,10,15H,3,5,7-9,11H2,1H3. The minimum Gasteiger partial charge on any atom is -0.396 e. The number of ether oxygens (including phenoxy) is 1. The van der Waals surface area contributed by atoms with Crippen molar-refractivity contribution in [2.75, 3.05) is 20.3 Å². The van der Waals surface area contributed by atoms with Crippen LogP contribution in [-0.4, -0.2) is 25.4 Å². The average molecular weight is 220 g/mol. The maximum atomic E-state index is 8.83. The maximum absolute atomic E-state index is 8.83. The molecule has 1 saturated carbocycles. The van der Waals surface area contributed by atoms with E-state index in [-0.39, 0.29) is 6.61 Å². The van der Waals surface area contributed by atoms with E-state index in [2.05, 4.69) is 24.3 Å². The summed E-state index contributed by atoms with van der Waals surface area (Å²) in [7, 11) is 1.77. The van der Waals surface area contributed by atoms with Crippen LogP contribution in [0.1, 0.15) is 30.4 Å². The van der Waals surface area contributed by atoms with Gasteiger partial charge in [-0.15, -0.1) is 0 Å². The van der Waals surface area contributed by atoms with E-state index in [0.717, 1.165) is 19.4 Å². The molecule has 1 aliphatic rings. The molecule has 0 aliphatic heterocycles. The Morgan fingerprint density at radius 1 is 1.38 bits per heavy atom. The van der Waals surface area contributed by atoms with Gasteiger partial charge in [-0.25, -0.2) is 0 Å². The van der Waals surface area contributed by atoms with Gasteiger partial charge >= 0.3 is 0 Å². The monoisotopic (exact) mass is 220 g/mol. The van der Waals surface area contributed by atoms with Crippen LogP contribution < -0.4 is 0 Å². The molecular weight excluding hydrogens is 200 g/mol. The minimum absolute atomic E-state index is 0.271. The molecule has 2 heteroatoms. The van der Waals surface area contributed by atoms with E-state index in [1.807, 2.05) is 0 Å². The number of hydrogen-bond acceptors (Lipinski definition) is 2. The molecule has 0 heterocycles. The SMILES string of the molecule is COCC1(c2cccc(CCCO)c2)CC1. The summed E-state index contributed by atoms with van der Waals surface area (Å²) >= 11 is 0. The van der Waals surface area contributed by atoms with Gasteiger partial charge in [0, 0.05) is 19.1 Å². The van der Waals surface area contributed by atoms with Crippen LogP contribution in [0.3, 0.4) is 0 Å². The number of aliphatic hydroxyl groups excluding tert-OH is 1. The molecule has 0 spiro atoms. The predicted molar refractivity (Wildman–Crippen MR) is 64.6 cm³/mol. The summed E-state index contributed by atoms with van der Waals surface area (Å²) in [5.74, 6) is 0. The Labute approximate surface area is 97.3 Å². The summed E-state index contributed by atoms with van der Waals surface area (Å²) in [5, 5.41) is 8.83. The molecule has 0 bridgehead atoms. The molecule has 0 radical (unpaired) electrons. The zero-order chi connectivity index (χ0) is 11.4. The van der Waals surface area contributed by atoms with Crippen LogP contribution in [0.15, 0.2) is 24.3 Å². The van der Waals surface area contributed by atoms with Crippen molar-refractivity contribution < 1.29 is 9.84 Å². The van der Waals surface area contributed by atoms with Gasteiger partial charge in [-0.1, -0.05) is 24.3 Å². The molecule has 2 nitrogen and oxygen atoms in total. The Balaban J connectivity index is 2.10. The van der Waals surface area contributed by atoms with Gasteiger partial charge in [0.15, 0.2) is 0 Å². The van der Waals surface area contributed by atoms with Gasteiger partial charge in [0.05, 0.1) is 6.61 Å². The van der Waals surface area contributed by atoms with Crippen LogP contribution in [-0.2, 0) is 16.6 Å². The summed E-state index contributed by atoms with van der Waals surface area (Å²) in [4.78, 5) is 0. The first-order chi connectivity index (χ1) is 7.80. The molecular formula is C14H20O2. The molecule has 0 atom stereocenters. The first-order valence-corrected chi connectivity index (χ1v) is 6.00. The van der Waals surface area contributed by atoms with Gasteiger partial charge in [0.1, 0.15) is 0 Å². The zero-order valence-corrected chi connectivity index (χ0v) is 9.91. The van der Waals surface area contributed by atoms with Crippen molar-refractivity contribution in [2.45, 2.75) is 31.1 Å². The lowest BCUT2D eigenvalue weighted by Gasteiger charge is -2.15. The Bertz CT molecular complexity index is 342. The maximum Gasteiger partial charge on any atom is 0.0559 e. The van der Waals surface area contributed by atoms with E-state index in [4.69, 9.17) is 9.84 Å². The molecule has 1 fully saturated rings. The van der Waals surface area contributed by atoms with Gasteiger partial charge in [-0.05, 0) is 36.8 Å². The fourth-order valence-corrected chi connectivity index (χ4v) is 2.28. The predicted octanol–water partition coefficient (Wildman–Crippen LogP) is 2.29. The highest BCUT2D eigenvalue weighted by atomic mass is 16.5. The quantitative estimate of drug-likeness (QED) is 0.797. The summed E-state index contributed by atoms with van der Waals surface area (Å²) < 4.78 is 5.30. The van der Waals surface area contributed by atoms with Crippen molar-refractivity contribution in [3.63, 3.8) is 0 Å². The second-order valence-electron chi connectivity index (χ2n) is 4.74. The number of methoxy groups -OCH3 is 1. The van der Waals surface area contributed by atoms with E-state index in [0.29, 0.717) is 5.41 Å². The Kier molecular flexibility index (Phi) is 3.62. The van der Waals surface area contributed by atoms with Crippen LogP contribution >= 0.6 is 0 Å². The second-order valence-corrected chi connectivity index (χ2v) is 4.74. The van der Waals surface area contributed by atoms with Crippen LogP contribution in [0.25, 0.3) is 0 Å². The molecule has 0 aromatic heterocycles. The van der Waals surface area contributed by atoms with Crippen molar-refractivity contribution >= 4 is 0 Å². The number of aryl methyl sites for hydroxylation is 1. The number of hydrogen-bond donors (Lipinski definition) is 1.